The lowest BCUT2D eigenvalue weighted by atomic mass is 9.70. The second-order valence-electron chi connectivity index (χ2n) is 9.33. The summed E-state index contributed by atoms with van der Waals surface area (Å²) < 4.78 is 12.2. The van der Waals surface area contributed by atoms with Crippen molar-refractivity contribution in [3.8, 4) is 0 Å². The van der Waals surface area contributed by atoms with Crippen LogP contribution >= 0.6 is 0 Å². The molecule has 0 spiro atoms. The number of carbonyl (C=O) groups excluding carboxylic acids is 1. The molecule has 0 aliphatic heterocycles. The first-order chi connectivity index (χ1) is 10.5. The first-order valence-corrected chi connectivity index (χ1v) is 9.11. The topological polar surface area (TPSA) is 35.5 Å². The molecule has 2 saturated carbocycles. The van der Waals surface area contributed by atoms with Crippen LogP contribution in [0, 0.1) is 16.7 Å². The standard InChI is InChI=1S/C19H36NO3/c1-14(2)23-17(21)13-20(6,7)10-11-22-16-12-15-8-9-19(16,5)18(15,3)4/h14-16H,8-13H2,1-7H3/q+1/t15-,16+,19+/m0/s1. The molecule has 2 rings (SSSR count). The van der Waals surface area contributed by atoms with E-state index in [1.807, 2.05) is 13.8 Å². The van der Waals surface area contributed by atoms with Crippen LogP contribution in [0.5, 0.6) is 0 Å². The summed E-state index contributed by atoms with van der Waals surface area (Å²) in [7, 11) is 4.13. The minimum Gasteiger partial charge on any atom is -0.459 e. The highest BCUT2D eigenvalue weighted by molar-refractivity contribution is 5.70. The van der Waals surface area contributed by atoms with Gasteiger partial charge in [0.15, 0.2) is 6.54 Å². The highest BCUT2D eigenvalue weighted by Gasteiger charge is 2.61. The Bertz CT molecular complexity index is 444. The Morgan fingerprint density at radius 2 is 1.91 bits per heavy atom. The molecule has 23 heavy (non-hydrogen) atoms. The molecule has 2 bridgehead atoms. The van der Waals surface area contributed by atoms with Crippen LogP contribution in [-0.2, 0) is 14.3 Å². The summed E-state index contributed by atoms with van der Waals surface area (Å²) in [6.07, 6.45) is 4.17. The van der Waals surface area contributed by atoms with Crippen molar-refractivity contribution in [3.05, 3.63) is 0 Å². The maximum absolute atomic E-state index is 11.9. The number of likely N-dealkylation sites (N-methyl/N-ethyl adjacent to an activating group) is 1. The maximum atomic E-state index is 11.9. The Kier molecular flexibility index (Phi) is 5.18. The number of hydrogen-bond acceptors (Lipinski definition) is 3. The molecule has 0 unspecified atom stereocenters. The highest BCUT2D eigenvalue weighted by Crippen LogP contribution is 2.66. The molecular weight excluding hydrogens is 290 g/mol. The zero-order valence-electron chi connectivity index (χ0n) is 16.1. The molecule has 4 heteroatoms. The number of quaternary nitrogens is 1. The Morgan fingerprint density at radius 3 is 2.39 bits per heavy atom. The van der Waals surface area contributed by atoms with Gasteiger partial charge in [-0.05, 0) is 49.9 Å². The summed E-state index contributed by atoms with van der Waals surface area (Å²) in [6.45, 7) is 13.0. The third-order valence-electron chi connectivity index (χ3n) is 6.65. The first-order valence-electron chi connectivity index (χ1n) is 9.11. The number of esters is 1. The van der Waals surface area contributed by atoms with Crippen molar-refractivity contribution in [2.75, 3.05) is 33.8 Å². The summed E-state index contributed by atoms with van der Waals surface area (Å²) in [5.74, 6) is 0.680. The summed E-state index contributed by atoms with van der Waals surface area (Å²) in [5, 5.41) is 0. The van der Waals surface area contributed by atoms with Crippen molar-refractivity contribution < 1.29 is 18.8 Å². The molecule has 3 atom stereocenters. The fraction of sp³-hybridized carbons (Fsp3) is 0.947. The van der Waals surface area contributed by atoms with E-state index < -0.39 is 0 Å². The van der Waals surface area contributed by atoms with E-state index in [9.17, 15) is 4.79 Å². The van der Waals surface area contributed by atoms with Crippen molar-refractivity contribution in [2.45, 2.75) is 66.1 Å². The van der Waals surface area contributed by atoms with Crippen molar-refractivity contribution in [1.82, 2.24) is 0 Å². The monoisotopic (exact) mass is 326 g/mol. The minimum absolute atomic E-state index is 0.0463. The van der Waals surface area contributed by atoms with E-state index in [2.05, 4.69) is 34.9 Å². The van der Waals surface area contributed by atoms with Crippen LogP contribution in [0.4, 0.5) is 0 Å². The molecule has 2 fully saturated rings. The molecule has 0 radical (unpaired) electrons. The number of hydrogen-bond donors (Lipinski definition) is 0. The van der Waals surface area contributed by atoms with Gasteiger partial charge in [-0.3, -0.25) is 0 Å². The number of ether oxygens (including phenoxy) is 2. The largest absolute Gasteiger partial charge is 0.459 e. The molecule has 0 saturated heterocycles. The van der Waals surface area contributed by atoms with E-state index in [1.165, 1.54) is 19.3 Å². The molecular formula is C19H36NO3+. The van der Waals surface area contributed by atoms with Gasteiger partial charge in [-0.25, -0.2) is 4.79 Å². The van der Waals surface area contributed by atoms with Gasteiger partial charge in [-0.1, -0.05) is 20.8 Å². The van der Waals surface area contributed by atoms with Gasteiger partial charge < -0.3 is 14.0 Å². The van der Waals surface area contributed by atoms with Gasteiger partial charge in [0.25, 0.3) is 0 Å². The summed E-state index contributed by atoms with van der Waals surface area (Å²) in [4.78, 5) is 11.9. The average molecular weight is 327 g/mol. The Balaban J connectivity index is 1.80. The Morgan fingerprint density at radius 1 is 1.26 bits per heavy atom. The second kappa shape index (κ2) is 6.36. The van der Waals surface area contributed by atoms with Crippen LogP contribution in [-0.4, -0.2) is 56.5 Å². The van der Waals surface area contributed by atoms with Crippen LogP contribution in [0.15, 0.2) is 0 Å². The van der Waals surface area contributed by atoms with Gasteiger partial charge in [-0.2, -0.15) is 0 Å². The lowest BCUT2D eigenvalue weighted by Gasteiger charge is -2.39. The van der Waals surface area contributed by atoms with Crippen LogP contribution in [0.1, 0.15) is 53.9 Å². The fourth-order valence-electron chi connectivity index (χ4n) is 4.55. The SMILES string of the molecule is CC(C)OC(=O)C[N+](C)(C)CCO[C@@H]1C[C@@H]2CC[C@@]1(C)C2(C)C. The van der Waals surface area contributed by atoms with Gasteiger partial charge in [-0.15, -0.1) is 0 Å². The van der Waals surface area contributed by atoms with Crippen molar-refractivity contribution in [2.24, 2.45) is 16.7 Å². The van der Waals surface area contributed by atoms with Crippen LogP contribution in [0.2, 0.25) is 0 Å². The molecule has 134 valence electrons. The van der Waals surface area contributed by atoms with E-state index in [-0.39, 0.29) is 12.1 Å². The molecule has 0 aromatic carbocycles. The molecule has 2 aliphatic carbocycles. The number of nitrogens with zero attached hydrogens (tertiary/aromatic N) is 1. The third kappa shape index (κ3) is 3.74. The average Bonchev–Trinajstić information content (AvgIpc) is 2.69. The van der Waals surface area contributed by atoms with E-state index >= 15 is 0 Å². The van der Waals surface area contributed by atoms with Gasteiger partial charge in [0.1, 0.15) is 6.54 Å². The zero-order valence-corrected chi connectivity index (χ0v) is 16.1. The van der Waals surface area contributed by atoms with Crippen LogP contribution < -0.4 is 0 Å². The predicted molar refractivity (Wildman–Crippen MR) is 92.0 cm³/mol. The van der Waals surface area contributed by atoms with E-state index in [0.29, 0.717) is 34.6 Å². The minimum atomic E-state index is -0.127. The molecule has 0 amide bonds. The molecule has 2 aliphatic rings. The number of fused-ring (bicyclic) bond motifs is 2. The van der Waals surface area contributed by atoms with Crippen LogP contribution in [0.3, 0.4) is 0 Å². The van der Waals surface area contributed by atoms with Gasteiger partial charge >= 0.3 is 5.97 Å². The Hall–Kier alpha value is -0.610. The highest BCUT2D eigenvalue weighted by atomic mass is 16.5. The van der Waals surface area contributed by atoms with Crippen LogP contribution in [0.25, 0.3) is 0 Å². The van der Waals surface area contributed by atoms with Gasteiger partial charge in [0.05, 0.1) is 32.9 Å². The molecule has 0 heterocycles. The molecule has 0 aromatic rings. The van der Waals surface area contributed by atoms with E-state index in [0.717, 1.165) is 12.5 Å². The van der Waals surface area contributed by atoms with Crippen molar-refractivity contribution in [1.29, 1.82) is 0 Å². The Labute approximate surface area is 142 Å². The molecule has 4 nitrogen and oxygen atoms in total. The van der Waals surface area contributed by atoms with Crippen molar-refractivity contribution >= 4 is 5.97 Å². The van der Waals surface area contributed by atoms with E-state index in [1.54, 1.807) is 0 Å². The first kappa shape index (κ1) is 18.7. The molecule has 0 aromatic heterocycles. The summed E-state index contributed by atoms with van der Waals surface area (Å²) in [6, 6.07) is 0. The predicted octanol–water partition coefficient (Wildman–Crippen LogP) is 3.25. The normalized spacial score (nSPS) is 32.5. The molecule has 0 N–H and O–H groups in total. The number of carbonyl (C=O) groups is 1. The van der Waals surface area contributed by atoms with E-state index in [4.69, 9.17) is 9.47 Å². The lowest BCUT2D eigenvalue weighted by Crippen LogP contribution is -2.47. The third-order valence-corrected chi connectivity index (χ3v) is 6.65. The smallest absolute Gasteiger partial charge is 0.362 e. The van der Waals surface area contributed by atoms with Gasteiger partial charge in [0.2, 0.25) is 0 Å². The second-order valence-corrected chi connectivity index (χ2v) is 9.33. The maximum Gasteiger partial charge on any atom is 0.362 e. The van der Waals surface area contributed by atoms with Gasteiger partial charge in [0, 0.05) is 0 Å². The zero-order chi connectivity index (χ0) is 17.5. The summed E-state index contributed by atoms with van der Waals surface area (Å²) >= 11 is 0. The number of rotatable bonds is 7. The van der Waals surface area contributed by atoms with Crippen molar-refractivity contribution in [3.63, 3.8) is 0 Å². The quantitative estimate of drug-likeness (QED) is 0.532. The summed E-state index contributed by atoms with van der Waals surface area (Å²) in [5.41, 5.74) is 0.703. The fourth-order valence-corrected chi connectivity index (χ4v) is 4.55. The lowest BCUT2D eigenvalue weighted by molar-refractivity contribution is -0.883.